The molecule has 1 aromatic rings. The third-order valence-electron chi connectivity index (χ3n) is 5.77. The van der Waals surface area contributed by atoms with Gasteiger partial charge in [-0.25, -0.2) is 9.97 Å². The number of hydrogen-bond donors (Lipinski definition) is 1. The van der Waals surface area contributed by atoms with Crippen molar-refractivity contribution in [3.05, 3.63) is 12.4 Å². The second-order valence-electron chi connectivity index (χ2n) is 7.15. The minimum Gasteiger partial charge on any atom is -0.481 e. The summed E-state index contributed by atoms with van der Waals surface area (Å²) in [6, 6.07) is 2.01. The molecule has 0 spiro atoms. The van der Waals surface area contributed by atoms with Gasteiger partial charge in [0.25, 0.3) is 0 Å². The molecule has 3 aliphatic heterocycles. The first-order valence-electron chi connectivity index (χ1n) is 8.82. The molecule has 1 aromatic heterocycles. The number of nitrogens with zero attached hydrogens (tertiary/aromatic N) is 4. The van der Waals surface area contributed by atoms with Crippen molar-refractivity contribution in [1.29, 1.82) is 0 Å². The summed E-state index contributed by atoms with van der Waals surface area (Å²) in [6.45, 7) is 4.31. The van der Waals surface area contributed by atoms with Gasteiger partial charge in [-0.1, -0.05) is 0 Å². The Morgan fingerprint density at radius 3 is 2.67 bits per heavy atom. The average molecular weight is 332 g/mol. The van der Waals surface area contributed by atoms with Gasteiger partial charge in [-0.3, -0.25) is 4.79 Å². The lowest BCUT2D eigenvalue weighted by Crippen LogP contribution is -2.44. The number of carbonyl (C=O) groups is 1. The van der Waals surface area contributed by atoms with Crippen LogP contribution < -0.4 is 9.80 Å². The number of hydrogen-bond acceptors (Lipinski definition) is 6. The molecule has 24 heavy (non-hydrogen) atoms. The largest absolute Gasteiger partial charge is 0.481 e. The zero-order chi connectivity index (χ0) is 16.6. The van der Waals surface area contributed by atoms with E-state index in [1.807, 2.05) is 6.07 Å². The smallest absolute Gasteiger partial charge is 0.311 e. The van der Waals surface area contributed by atoms with Crippen LogP contribution in [0.5, 0.6) is 0 Å². The predicted octanol–water partition coefficient (Wildman–Crippen LogP) is 1.39. The first kappa shape index (κ1) is 15.6. The zero-order valence-electron chi connectivity index (χ0n) is 13.9. The third kappa shape index (κ3) is 2.60. The van der Waals surface area contributed by atoms with Crippen LogP contribution in [0.1, 0.15) is 25.7 Å². The Labute approximate surface area is 141 Å². The minimum atomic E-state index is -0.705. The fourth-order valence-corrected chi connectivity index (χ4v) is 4.28. The Hall–Kier alpha value is -1.89. The molecule has 0 bridgehead atoms. The lowest BCUT2D eigenvalue weighted by Gasteiger charge is -2.33. The van der Waals surface area contributed by atoms with Crippen molar-refractivity contribution in [2.24, 2.45) is 11.3 Å². The van der Waals surface area contributed by atoms with E-state index in [0.29, 0.717) is 32.7 Å². The highest BCUT2D eigenvalue weighted by atomic mass is 16.5. The molecule has 1 N–H and O–H groups in total. The number of carboxylic acid groups (broad SMARTS) is 1. The van der Waals surface area contributed by atoms with E-state index in [0.717, 1.165) is 24.7 Å². The molecule has 2 atom stereocenters. The van der Waals surface area contributed by atoms with Crippen molar-refractivity contribution in [3.8, 4) is 0 Å². The number of aromatic nitrogens is 2. The van der Waals surface area contributed by atoms with Crippen LogP contribution >= 0.6 is 0 Å². The van der Waals surface area contributed by atoms with E-state index in [2.05, 4.69) is 19.8 Å². The number of ether oxygens (including phenoxy) is 1. The molecule has 7 nitrogen and oxygen atoms in total. The lowest BCUT2D eigenvalue weighted by atomic mass is 9.74. The number of carboxylic acids is 1. The van der Waals surface area contributed by atoms with Gasteiger partial charge in [-0.2, -0.15) is 0 Å². The monoisotopic (exact) mass is 332 g/mol. The summed E-state index contributed by atoms with van der Waals surface area (Å²) in [5.74, 6) is 1.11. The summed E-state index contributed by atoms with van der Waals surface area (Å²) < 4.78 is 5.53. The number of anilines is 2. The summed E-state index contributed by atoms with van der Waals surface area (Å²) in [5.41, 5.74) is -0.700. The summed E-state index contributed by atoms with van der Waals surface area (Å²) in [6.07, 6.45) is 5.86. The van der Waals surface area contributed by atoms with Gasteiger partial charge < -0.3 is 19.6 Å². The van der Waals surface area contributed by atoms with E-state index in [-0.39, 0.29) is 5.92 Å². The van der Waals surface area contributed by atoms with Gasteiger partial charge in [-0.15, -0.1) is 0 Å². The van der Waals surface area contributed by atoms with Crippen molar-refractivity contribution in [1.82, 2.24) is 9.97 Å². The Bertz CT molecular complexity index is 620. The lowest BCUT2D eigenvalue weighted by molar-refractivity contribution is -0.157. The molecular weight excluding hydrogens is 308 g/mol. The maximum absolute atomic E-state index is 11.9. The van der Waals surface area contributed by atoms with Gasteiger partial charge in [0.15, 0.2) is 0 Å². The van der Waals surface area contributed by atoms with Crippen LogP contribution in [0.4, 0.5) is 11.6 Å². The van der Waals surface area contributed by atoms with Gasteiger partial charge in [0.1, 0.15) is 18.0 Å². The van der Waals surface area contributed by atoms with Crippen LogP contribution in [-0.2, 0) is 9.53 Å². The molecule has 0 aromatic carbocycles. The van der Waals surface area contributed by atoms with E-state index in [9.17, 15) is 9.90 Å². The van der Waals surface area contributed by atoms with Gasteiger partial charge in [-0.05, 0) is 25.7 Å². The van der Waals surface area contributed by atoms with Crippen molar-refractivity contribution in [2.75, 3.05) is 49.2 Å². The van der Waals surface area contributed by atoms with Crippen LogP contribution in [-0.4, -0.2) is 60.4 Å². The highest BCUT2D eigenvalue weighted by molar-refractivity contribution is 5.77. The second-order valence-corrected chi connectivity index (χ2v) is 7.15. The molecular formula is C17H24N4O3. The van der Waals surface area contributed by atoms with Crippen LogP contribution in [0.15, 0.2) is 12.4 Å². The van der Waals surface area contributed by atoms with E-state index >= 15 is 0 Å². The van der Waals surface area contributed by atoms with E-state index in [1.54, 1.807) is 6.33 Å². The molecule has 3 fully saturated rings. The molecule has 0 amide bonds. The summed E-state index contributed by atoms with van der Waals surface area (Å²) in [4.78, 5) is 25.2. The fraction of sp³-hybridized carbons (Fsp3) is 0.706. The molecule has 0 unspecified atom stereocenters. The first-order valence-corrected chi connectivity index (χ1v) is 8.82. The first-order chi connectivity index (χ1) is 11.7. The Balaban J connectivity index is 1.57. The summed E-state index contributed by atoms with van der Waals surface area (Å²) in [5, 5.41) is 9.80. The molecule has 4 rings (SSSR count). The van der Waals surface area contributed by atoms with Crippen LogP contribution in [0.25, 0.3) is 0 Å². The standard InChI is InChI=1S/C17H24N4O3/c22-16(23)17-4-7-24-10-13(17)9-21(11-17)15-8-14(18-12-19-15)20-5-2-1-3-6-20/h8,12-13H,1-7,9-11H2,(H,22,23)/t13-,17+/m1/s1. The quantitative estimate of drug-likeness (QED) is 0.896. The van der Waals surface area contributed by atoms with Gasteiger partial charge in [0, 0.05) is 44.8 Å². The molecule has 130 valence electrons. The van der Waals surface area contributed by atoms with Crippen molar-refractivity contribution < 1.29 is 14.6 Å². The van der Waals surface area contributed by atoms with Gasteiger partial charge in [0.2, 0.25) is 0 Å². The van der Waals surface area contributed by atoms with Gasteiger partial charge in [0.05, 0.1) is 12.0 Å². The molecule has 7 heteroatoms. The number of piperidine rings is 1. The highest BCUT2D eigenvalue weighted by Gasteiger charge is 2.54. The van der Waals surface area contributed by atoms with Crippen LogP contribution in [0, 0.1) is 11.3 Å². The number of aliphatic carboxylic acids is 1. The third-order valence-corrected chi connectivity index (χ3v) is 5.77. The molecule has 4 heterocycles. The molecule has 0 aliphatic carbocycles. The highest BCUT2D eigenvalue weighted by Crippen LogP contribution is 2.43. The van der Waals surface area contributed by atoms with E-state index in [4.69, 9.17) is 4.74 Å². The topological polar surface area (TPSA) is 78.8 Å². The van der Waals surface area contributed by atoms with E-state index < -0.39 is 11.4 Å². The summed E-state index contributed by atoms with van der Waals surface area (Å²) >= 11 is 0. The van der Waals surface area contributed by atoms with Crippen LogP contribution in [0.3, 0.4) is 0 Å². The predicted molar refractivity (Wildman–Crippen MR) is 89.3 cm³/mol. The molecule has 3 aliphatic rings. The molecule has 0 saturated carbocycles. The van der Waals surface area contributed by atoms with Crippen molar-refractivity contribution in [3.63, 3.8) is 0 Å². The molecule has 0 radical (unpaired) electrons. The maximum Gasteiger partial charge on any atom is 0.311 e. The normalized spacial score (nSPS) is 30.2. The Morgan fingerprint density at radius 2 is 1.96 bits per heavy atom. The van der Waals surface area contributed by atoms with Crippen molar-refractivity contribution in [2.45, 2.75) is 25.7 Å². The molecule has 3 saturated heterocycles. The Morgan fingerprint density at radius 1 is 1.21 bits per heavy atom. The van der Waals surface area contributed by atoms with Gasteiger partial charge >= 0.3 is 5.97 Å². The Kier molecular flexibility index (Phi) is 4.04. The number of fused-ring (bicyclic) bond motifs is 1. The zero-order valence-corrected chi connectivity index (χ0v) is 13.9. The van der Waals surface area contributed by atoms with Crippen LogP contribution in [0.2, 0.25) is 0 Å². The average Bonchev–Trinajstić information content (AvgIpc) is 3.04. The maximum atomic E-state index is 11.9. The fourth-order valence-electron chi connectivity index (χ4n) is 4.28. The second kappa shape index (κ2) is 6.20. The number of rotatable bonds is 3. The van der Waals surface area contributed by atoms with Crippen molar-refractivity contribution >= 4 is 17.6 Å². The SMILES string of the molecule is O=C(O)[C@]12CCOC[C@H]1CN(c1cc(N3CCCCC3)ncn1)C2. The van der Waals surface area contributed by atoms with E-state index in [1.165, 1.54) is 19.3 Å². The minimum absolute atomic E-state index is 0.0251. The summed E-state index contributed by atoms with van der Waals surface area (Å²) in [7, 11) is 0.